The van der Waals surface area contributed by atoms with E-state index in [0.29, 0.717) is 0 Å². The van der Waals surface area contributed by atoms with Gasteiger partial charge in [-0.1, -0.05) is 0 Å². The molecule has 0 aromatic heterocycles. The van der Waals surface area contributed by atoms with Crippen molar-refractivity contribution < 1.29 is 4.79 Å². The quantitative estimate of drug-likeness (QED) is 0.491. The Kier molecular flexibility index (Phi) is 4.91. The maximum absolute atomic E-state index is 10.5. The summed E-state index contributed by atoms with van der Waals surface area (Å²) in [4.78, 5) is 12.1. The second-order valence-electron chi connectivity index (χ2n) is 2.17. The van der Waals surface area contributed by atoms with Crippen LogP contribution in [0.1, 0.15) is 6.92 Å². The maximum Gasteiger partial charge on any atom is 0.316 e. The number of halogens is 1. The van der Waals surface area contributed by atoms with Gasteiger partial charge in [-0.15, -0.1) is 0 Å². The minimum Gasteiger partial charge on any atom is -0.329 e. The maximum atomic E-state index is 10.5. The number of nitrogens with zero attached hydrogens (tertiary/aromatic N) is 1. The third-order valence-corrected chi connectivity index (χ3v) is 2.43. The first-order chi connectivity index (χ1) is 4.59. The van der Waals surface area contributed by atoms with E-state index in [9.17, 15) is 4.79 Å². The average Bonchev–Trinajstić information content (AvgIpc) is 1.87. The van der Waals surface area contributed by atoms with Crippen LogP contribution in [0.3, 0.4) is 0 Å². The predicted octanol–water partition coefficient (Wildman–Crippen LogP) is 2.03. The van der Waals surface area contributed by atoms with Gasteiger partial charge in [-0.05, 0) is 24.8 Å². The van der Waals surface area contributed by atoms with Crippen LogP contribution in [0.15, 0.2) is 0 Å². The Bertz CT molecular complexity index is 120. The number of rotatable bonds is 3. The standard InChI is InChI=1S/C6H12ClNOS/c1-5(4-10-3)8(2)6(7)9/h5H,4H2,1-3H3. The van der Waals surface area contributed by atoms with Gasteiger partial charge in [0.25, 0.3) is 0 Å². The van der Waals surface area contributed by atoms with Crippen molar-refractivity contribution >= 4 is 28.7 Å². The van der Waals surface area contributed by atoms with Crippen LogP contribution in [0, 0.1) is 0 Å². The summed E-state index contributed by atoms with van der Waals surface area (Å²) >= 11 is 6.94. The van der Waals surface area contributed by atoms with E-state index in [-0.39, 0.29) is 11.4 Å². The SMILES string of the molecule is CSCC(C)N(C)C(=O)Cl. The van der Waals surface area contributed by atoms with Gasteiger partial charge in [-0.25, -0.2) is 0 Å². The number of amides is 1. The Labute approximate surface area is 70.9 Å². The summed E-state index contributed by atoms with van der Waals surface area (Å²) in [6, 6.07) is 0.222. The first kappa shape index (κ1) is 10.1. The molecule has 0 aliphatic rings. The van der Waals surface area contributed by atoms with Crippen LogP contribution in [0.5, 0.6) is 0 Å². The summed E-state index contributed by atoms with van der Waals surface area (Å²) in [6.45, 7) is 1.97. The summed E-state index contributed by atoms with van der Waals surface area (Å²) in [7, 11) is 1.70. The zero-order valence-corrected chi connectivity index (χ0v) is 8.00. The normalized spacial score (nSPS) is 12.8. The zero-order valence-electron chi connectivity index (χ0n) is 6.43. The molecule has 4 heteroatoms. The molecule has 10 heavy (non-hydrogen) atoms. The van der Waals surface area contributed by atoms with Crippen LogP contribution in [-0.4, -0.2) is 35.4 Å². The minimum atomic E-state index is -0.387. The molecule has 1 atom stereocenters. The van der Waals surface area contributed by atoms with Crippen molar-refractivity contribution in [3.63, 3.8) is 0 Å². The van der Waals surface area contributed by atoms with Gasteiger partial charge in [0.2, 0.25) is 0 Å². The van der Waals surface area contributed by atoms with E-state index in [2.05, 4.69) is 0 Å². The van der Waals surface area contributed by atoms with Crippen LogP contribution < -0.4 is 0 Å². The number of thioether (sulfide) groups is 1. The van der Waals surface area contributed by atoms with Crippen molar-refractivity contribution in [1.29, 1.82) is 0 Å². The van der Waals surface area contributed by atoms with E-state index in [4.69, 9.17) is 11.6 Å². The lowest BCUT2D eigenvalue weighted by Gasteiger charge is -2.20. The van der Waals surface area contributed by atoms with Crippen LogP contribution in [0.25, 0.3) is 0 Å². The molecule has 0 radical (unpaired) electrons. The Morgan fingerprint density at radius 3 is 2.60 bits per heavy atom. The second kappa shape index (κ2) is 4.85. The molecule has 0 aromatic carbocycles. The molecule has 1 unspecified atom stereocenters. The van der Waals surface area contributed by atoms with E-state index in [0.717, 1.165) is 5.75 Å². The molecule has 2 nitrogen and oxygen atoms in total. The number of hydrogen-bond acceptors (Lipinski definition) is 2. The molecule has 0 bridgehead atoms. The third kappa shape index (κ3) is 3.32. The van der Waals surface area contributed by atoms with Gasteiger partial charge < -0.3 is 4.90 Å². The fourth-order valence-electron chi connectivity index (χ4n) is 0.526. The fraction of sp³-hybridized carbons (Fsp3) is 0.833. The molecule has 1 amide bonds. The van der Waals surface area contributed by atoms with Gasteiger partial charge in [-0.3, -0.25) is 4.79 Å². The largest absolute Gasteiger partial charge is 0.329 e. The van der Waals surface area contributed by atoms with E-state index in [1.54, 1.807) is 18.8 Å². The van der Waals surface area contributed by atoms with Crippen molar-refractivity contribution in [1.82, 2.24) is 4.90 Å². The van der Waals surface area contributed by atoms with Gasteiger partial charge in [-0.2, -0.15) is 11.8 Å². The second-order valence-corrected chi connectivity index (χ2v) is 3.40. The fourth-order valence-corrected chi connectivity index (χ4v) is 1.40. The average molecular weight is 182 g/mol. The van der Waals surface area contributed by atoms with Crippen molar-refractivity contribution in [2.24, 2.45) is 0 Å². The number of hydrogen-bond donors (Lipinski definition) is 0. The van der Waals surface area contributed by atoms with E-state index < -0.39 is 0 Å². The number of carbonyl (C=O) groups excluding carboxylic acids is 1. The first-order valence-electron chi connectivity index (χ1n) is 3.00. The molecule has 0 spiro atoms. The van der Waals surface area contributed by atoms with E-state index in [1.165, 1.54) is 4.90 Å². The minimum absolute atomic E-state index is 0.222. The van der Waals surface area contributed by atoms with Gasteiger partial charge >= 0.3 is 5.37 Å². The highest BCUT2D eigenvalue weighted by Gasteiger charge is 2.11. The molecule has 0 saturated carbocycles. The topological polar surface area (TPSA) is 20.3 Å². The third-order valence-electron chi connectivity index (χ3n) is 1.35. The monoisotopic (exact) mass is 181 g/mol. The van der Waals surface area contributed by atoms with Crippen molar-refractivity contribution in [2.45, 2.75) is 13.0 Å². The summed E-state index contributed by atoms with van der Waals surface area (Å²) in [5.41, 5.74) is 0. The molecular formula is C6H12ClNOS. The summed E-state index contributed by atoms with van der Waals surface area (Å²) in [5, 5.41) is -0.387. The van der Waals surface area contributed by atoms with Gasteiger partial charge in [0.15, 0.2) is 0 Å². The van der Waals surface area contributed by atoms with Crippen molar-refractivity contribution in [2.75, 3.05) is 19.1 Å². The van der Waals surface area contributed by atoms with Crippen LogP contribution in [0.4, 0.5) is 4.79 Å². The Hall–Kier alpha value is 0.110. The summed E-state index contributed by atoms with van der Waals surface area (Å²) < 4.78 is 0. The van der Waals surface area contributed by atoms with E-state index >= 15 is 0 Å². The highest BCUT2D eigenvalue weighted by Crippen LogP contribution is 2.05. The molecule has 0 fully saturated rings. The zero-order chi connectivity index (χ0) is 8.15. The lowest BCUT2D eigenvalue weighted by Crippen LogP contribution is -2.32. The number of carbonyl (C=O) groups is 1. The van der Waals surface area contributed by atoms with Crippen LogP contribution in [-0.2, 0) is 0 Å². The van der Waals surface area contributed by atoms with Crippen LogP contribution in [0.2, 0.25) is 0 Å². The van der Waals surface area contributed by atoms with E-state index in [1.807, 2.05) is 13.2 Å². The lowest BCUT2D eigenvalue weighted by atomic mass is 10.4. The summed E-state index contributed by atoms with van der Waals surface area (Å²) in [5.74, 6) is 0.926. The molecule has 0 aliphatic carbocycles. The molecule has 0 saturated heterocycles. The lowest BCUT2D eigenvalue weighted by molar-refractivity contribution is 0.222. The molecule has 0 aliphatic heterocycles. The Balaban J connectivity index is 3.69. The van der Waals surface area contributed by atoms with Gasteiger partial charge in [0, 0.05) is 18.8 Å². The van der Waals surface area contributed by atoms with Gasteiger partial charge in [0.1, 0.15) is 0 Å². The smallest absolute Gasteiger partial charge is 0.316 e. The Morgan fingerprint density at radius 1 is 1.80 bits per heavy atom. The molecule has 0 rings (SSSR count). The first-order valence-corrected chi connectivity index (χ1v) is 4.78. The predicted molar refractivity (Wildman–Crippen MR) is 46.9 cm³/mol. The highest BCUT2D eigenvalue weighted by molar-refractivity contribution is 7.98. The van der Waals surface area contributed by atoms with Crippen molar-refractivity contribution in [3.8, 4) is 0 Å². The molecular weight excluding hydrogens is 170 g/mol. The summed E-state index contributed by atoms with van der Waals surface area (Å²) in [6.07, 6.45) is 2.00. The molecule has 0 heterocycles. The van der Waals surface area contributed by atoms with Crippen molar-refractivity contribution in [3.05, 3.63) is 0 Å². The van der Waals surface area contributed by atoms with Crippen LogP contribution >= 0.6 is 23.4 Å². The molecule has 0 N–H and O–H groups in total. The molecule has 60 valence electrons. The highest BCUT2D eigenvalue weighted by atomic mass is 35.5. The molecule has 0 aromatic rings. The van der Waals surface area contributed by atoms with Gasteiger partial charge in [0.05, 0.1) is 0 Å². The Morgan fingerprint density at radius 2 is 2.30 bits per heavy atom.